The van der Waals surface area contributed by atoms with Crippen LogP contribution in [-0.4, -0.2) is 21.3 Å². The second-order valence-corrected chi connectivity index (χ2v) is 5.45. The van der Waals surface area contributed by atoms with Crippen LogP contribution in [0.2, 0.25) is 0 Å². The van der Waals surface area contributed by atoms with E-state index in [1.165, 1.54) is 0 Å². The van der Waals surface area contributed by atoms with E-state index in [1.54, 1.807) is 6.26 Å². The van der Waals surface area contributed by atoms with Crippen molar-refractivity contribution in [1.82, 2.24) is 0 Å². The molecular weight excluding hydrogens is 124 g/mol. The number of hydrogen-bond donors (Lipinski definition) is 1. The van der Waals surface area contributed by atoms with Gasteiger partial charge >= 0.3 is 0 Å². The van der Waals surface area contributed by atoms with Crippen LogP contribution in [0.3, 0.4) is 0 Å². The quantitative estimate of drug-likeness (QED) is 0.425. The molecule has 0 amide bonds. The zero-order valence-corrected chi connectivity index (χ0v) is 5.73. The largest absolute Gasteiger partial charge is 0.290 e. The molecule has 0 aromatic rings. The Bertz CT molecular complexity index is 149. The Labute approximate surface area is 49.7 Å². The summed E-state index contributed by atoms with van der Waals surface area (Å²) in [5.74, 6) is 0. The first-order valence-corrected chi connectivity index (χ1v) is 4.99. The molecule has 1 aliphatic rings. The summed E-state index contributed by atoms with van der Waals surface area (Å²) in [6, 6.07) is 0. The minimum Gasteiger partial charge on any atom is -0.290 e. The number of thiol groups is 1. The molecule has 1 saturated carbocycles. The van der Waals surface area contributed by atoms with Crippen molar-refractivity contribution in [1.29, 1.82) is 0 Å². The van der Waals surface area contributed by atoms with E-state index in [4.69, 9.17) is 0 Å². The average molecular weight is 134 g/mol. The summed E-state index contributed by atoms with van der Waals surface area (Å²) in [4.78, 5) is 10.0. The lowest BCUT2D eigenvalue weighted by atomic mass is 11.0. The van der Waals surface area contributed by atoms with Gasteiger partial charge in [-0.25, -0.2) is 0 Å². The average Bonchev–Trinajstić information content (AvgIpc) is 2.44. The number of carbonyl (C=O) groups excluding carboxylic acids is 1. The summed E-state index contributed by atoms with van der Waals surface area (Å²) in [7, 11) is -2.31. The van der Waals surface area contributed by atoms with Gasteiger partial charge in [-0.3, -0.25) is 9.00 Å². The molecular formula is C5H10O2S. The Morgan fingerprint density at radius 3 is 2.25 bits per heavy atom. The molecule has 1 rings (SSSR count). The molecule has 0 spiro atoms. The summed E-state index contributed by atoms with van der Waals surface area (Å²) in [6.45, 7) is 0. The summed E-state index contributed by atoms with van der Waals surface area (Å²) in [5.41, 5.74) is 0.630. The number of hydrogen-bond acceptors (Lipinski definition) is 2. The first-order chi connectivity index (χ1) is 3.67. The van der Waals surface area contributed by atoms with Crippen molar-refractivity contribution in [3.8, 4) is 0 Å². The Hall–Kier alpha value is -0.180. The first kappa shape index (κ1) is 5.95. The molecule has 0 atom stereocenters. The van der Waals surface area contributed by atoms with Gasteiger partial charge in [0.2, 0.25) is 0 Å². The predicted molar refractivity (Wildman–Crippen MR) is 35.2 cm³/mol. The molecule has 0 N–H and O–H groups in total. The van der Waals surface area contributed by atoms with Crippen molar-refractivity contribution in [3.05, 3.63) is 0 Å². The fourth-order valence-corrected chi connectivity index (χ4v) is 2.02. The lowest BCUT2D eigenvalue weighted by Crippen LogP contribution is -2.15. The molecule has 0 heterocycles. The third kappa shape index (κ3) is 0.968. The highest BCUT2D eigenvalue weighted by Gasteiger charge is 2.32. The molecule has 0 aromatic carbocycles. The molecule has 0 saturated heterocycles. The Morgan fingerprint density at radius 1 is 1.62 bits per heavy atom. The molecule has 0 bridgehead atoms. The molecule has 1 fully saturated rings. The Morgan fingerprint density at radius 2 is 2.12 bits per heavy atom. The maximum absolute atomic E-state index is 11.0. The maximum Gasteiger partial charge on any atom is 0.183 e. The third-order valence-electron chi connectivity index (χ3n) is 1.48. The molecule has 2 nitrogen and oxygen atoms in total. The van der Waals surface area contributed by atoms with E-state index in [2.05, 4.69) is 0 Å². The molecule has 1 aliphatic carbocycles. The molecule has 0 unspecified atom stereocenters. The minimum absolute atomic E-state index is 0.250. The van der Waals surface area contributed by atoms with Crippen LogP contribution in [0, 0.1) is 0 Å². The molecule has 8 heavy (non-hydrogen) atoms. The van der Waals surface area contributed by atoms with E-state index in [9.17, 15) is 9.00 Å². The molecule has 0 radical (unpaired) electrons. The van der Waals surface area contributed by atoms with E-state index < -0.39 is 9.93 Å². The highest BCUT2D eigenvalue weighted by Crippen LogP contribution is 2.30. The molecule has 3 heteroatoms. The molecule has 0 aliphatic heterocycles. The normalized spacial score (nSPS) is 22.6. The van der Waals surface area contributed by atoms with Gasteiger partial charge in [-0.05, 0) is 19.1 Å². The third-order valence-corrected chi connectivity index (χ3v) is 3.87. The van der Waals surface area contributed by atoms with Crippen LogP contribution in [0.5, 0.6) is 0 Å². The monoisotopic (exact) mass is 134 g/mol. The molecule has 48 valence electrons. The maximum atomic E-state index is 11.0. The highest BCUT2D eigenvalue weighted by atomic mass is 32.2. The van der Waals surface area contributed by atoms with Crippen LogP contribution in [0.1, 0.15) is 12.8 Å². The van der Waals surface area contributed by atoms with E-state index >= 15 is 0 Å². The van der Waals surface area contributed by atoms with Gasteiger partial charge in [0.15, 0.2) is 5.62 Å². The van der Waals surface area contributed by atoms with Crippen LogP contribution in [0.15, 0.2) is 0 Å². The van der Waals surface area contributed by atoms with Gasteiger partial charge in [-0.1, -0.05) is 9.93 Å². The summed E-state index contributed by atoms with van der Waals surface area (Å²) < 4.78 is 11.0. The second kappa shape index (κ2) is 1.65. The smallest absolute Gasteiger partial charge is 0.183 e. The zero-order chi connectivity index (χ0) is 6.20. The van der Waals surface area contributed by atoms with Crippen molar-refractivity contribution in [2.45, 2.75) is 18.1 Å². The zero-order valence-electron chi connectivity index (χ0n) is 4.83. The lowest BCUT2D eigenvalue weighted by Gasteiger charge is -2.05. The van der Waals surface area contributed by atoms with E-state index in [1.807, 2.05) is 0 Å². The topological polar surface area (TPSA) is 34.1 Å². The summed E-state index contributed by atoms with van der Waals surface area (Å²) in [6.07, 6.45) is 3.55. The standard InChI is InChI=1S/C5H10O2S/c1-8(7,4-6)5-2-3-5/h4-5,8H,2-3H2,1H3. The summed E-state index contributed by atoms with van der Waals surface area (Å²) in [5, 5.41) is 0.250. The van der Waals surface area contributed by atoms with Gasteiger partial charge in [0, 0.05) is 5.25 Å². The highest BCUT2D eigenvalue weighted by molar-refractivity contribution is 8.15. The van der Waals surface area contributed by atoms with Gasteiger partial charge < -0.3 is 0 Å². The van der Waals surface area contributed by atoms with Gasteiger partial charge in [0.25, 0.3) is 0 Å². The van der Waals surface area contributed by atoms with Crippen molar-refractivity contribution in [2.75, 3.05) is 6.26 Å². The van der Waals surface area contributed by atoms with Crippen LogP contribution in [-0.2, 0) is 14.7 Å². The fourth-order valence-electron chi connectivity index (χ4n) is 0.673. The van der Waals surface area contributed by atoms with Crippen molar-refractivity contribution in [3.63, 3.8) is 0 Å². The van der Waals surface area contributed by atoms with Gasteiger partial charge in [-0.2, -0.15) is 0 Å². The molecule has 0 aromatic heterocycles. The number of carbonyl (C=O) groups is 1. The Kier molecular flexibility index (Phi) is 1.23. The van der Waals surface area contributed by atoms with Crippen LogP contribution in [0.4, 0.5) is 0 Å². The lowest BCUT2D eigenvalue weighted by molar-refractivity contribution is 0.565. The van der Waals surface area contributed by atoms with Crippen molar-refractivity contribution >= 4 is 15.6 Å². The summed E-state index contributed by atoms with van der Waals surface area (Å²) >= 11 is 0. The van der Waals surface area contributed by atoms with Gasteiger partial charge in [0.1, 0.15) is 0 Å². The van der Waals surface area contributed by atoms with Crippen LogP contribution in [0.25, 0.3) is 0 Å². The van der Waals surface area contributed by atoms with Crippen molar-refractivity contribution < 1.29 is 9.00 Å². The van der Waals surface area contributed by atoms with Crippen LogP contribution < -0.4 is 0 Å². The fraction of sp³-hybridized carbons (Fsp3) is 0.800. The first-order valence-electron chi connectivity index (χ1n) is 2.70. The van der Waals surface area contributed by atoms with Crippen molar-refractivity contribution in [2.24, 2.45) is 0 Å². The van der Waals surface area contributed by atoms with E-state index in [0.717, 1.165) is 12.8 Å². The van der Waals surface area contributed by atoms with Crippen LogP contribution >= 0.6 is 0 Å². The SMILES string of the molecule is C[SH](=O)(C=O)C1CC1. The second-order valence-electron chi connectivity index (χ2n) is 2.40. The Balaban J connectivity index is 2.63. The van der Waals surface area contributed by atoms with E-state index in [-0.39, 0.29) is 5.25 Å². The van der Waals surface area contributed by atoms with Gasteiger partial charge in [0.05, 0.1) is 0 Å². The van der Waals surface area contributed by atoms with Gasteiger partial charge in [-0.15, -0.1) is 0 Å². The van der Waals surface area contributed by atoms with E-state index in [0.29, 0.717) is 5.62 Å². The predicted octanol–water partition coefficient (Wildman–Crippen LogP) is -0.0145. The minimum atomic E-state index is -2.31. The number of rotatable bonds is 2.